The Bertz CT molecular complexity index is 1280. The van der Waals surface area contributed by atoms with Gasteiger partial charge in [-0.2, -0.15) is 0 Å². The van der Waals surface area contributed by atoms with Crippen molar-refractivity contribution in [1.29, 1.82) is 0 Å². The molecule has 34 heavy (non-hydrogen) atoms. The van der Waals surface area contributed by atoms with Crippen LogP contribution in [0.2, 0.25) is 0 Å². The Labute approximate surface area is 200 Å². The summed E-state index contributed by atoms with van der Waals surface area (Å²) in [6, 6.07) is 24.9. The van der Waals surface area contributed by atoms with Crippen molar-refractivity contribution in [2.75, 3.05) is 0 Å². The third kappa shape index (κ3) is 4.72. The van der Waals surface area contributed by atoms with Crippen LogP contribution in [-0.2, 0) is 0 Å². The van der Waals surface area contributed by atoms with E-state index in [4.69, 9.17) is 0 Å². The first-order valence-corrected chi connectivity index (χ1v) is 12.1. The average molecular weight is 453 g/mol. The van der Waals surface area contributed by atoms with E-state index in [1.54, 1.807) is 12.1 Å². The fourth-order valence-corrected chi connectivity index (χ4v) is 5.28. The molecule has 0 unspecified atom stereocenters. The number of halogens is 1. The minimum atomic E-state index is -0.219. The van der Waals surface area contributed by atoms with Crippen molar-refractivity contribution in [2.24, 2.45) is 5.92 Å². The van der Waals surface area contributed by atoms with Crippen molar-refractivity contribution in [3.8, 4) is 11.1 Å². The van der Waals surface area contributed by atoms with Crippen LogP contribution in [-0.4, -0.2) is 16.9 Å². The highest BCUT2D eigenvalue weighted by molar-refractivity contribution is 5.94. The van der Waals surface area contributed by atoms with Gasteiger partial charge < -0.3 is 5.32 Å². The highest BCUT2D eigenvalue weighted by Crippen LogP contribution is 2.39. The van der Waals surface area contributed by atoms with Gasteiger partial charge in [0.05, 0.1) is 5.52 Å². The molecule has 0 saturated heterocycles. The van der Waals surface area contributed by atoms with Crippen molar-refractivity contribution in [2.45, 2.75) is 44.6 Å². The molecule has 1 heterocycles. The first kappa shape index (κ1) is 22.3. The number of carbonyl (C=O) groups is 1. The maximum Gasteiger partial charge on any atom is 0.251 e. The van der Waals surface area contributed by atoms with E-state index in [1.165, 1.54) is 11.6 Å². The van der Waals surface area contributed by atoms with Gasteiger partial charge in [0.1, 0.15) is 5.82 Å². The summed E-state index contributed by atoms with van der Waals surface area (Å²) < 4.78 is 13.9. The van der Waals surface area contributed by atoms with E-state index in [0.29, 0.717) is 17.4 Å². The van der Waals surface area contributed by atoms with E-state index in [2.05, 4.69) is 29.4 Å². The molecule has 0 radical (unpaired) electrons. The van der Waals surface area contributed by atoms with Gasteiger partial charge in [0.25, 0.3) is 5.91 Å². The molecule has 3 aromatic carbocycles. The molecule has 4 aromatic rings. The average Bonchev–Trinajstić information content (AvgIpc) is 2.89. The van der Waals surface area contributed by atoms with Gasteiger partial charge in [-0.25, -0.2) is 4.39 Å². The normalized spacial score (nSPS) is 19.0. The molecule has 0 spiro atoms. The number of carbonyl (C=O) groups excluding carboxylic acids is 1. The van der Waals surface area contributed by atoms with E-state index in [-0.39, 0.29) is 17.8 Å². The van der Waals surface area contributed by atoms with Crippen LogP contribution in [0.1, 0.15) is 54.4 Å². The third-order valence-electron chi connectivity index (χ3n) is 7.27. The number of benzene rings is 3. The number of pyridine rings is 1. The zero-order valence-corrected chi connectivity index (χ0v) is 19.4. The smallest absolute Gasteiger partial charge is 0.251 e. The van der Waals surface area contributed by atoms with Crippen molar-refractivity contribution < 1.29 is 9.18 Å². The van der Waals surface area contributed by atoms with Gasteiger partial charge in [0, 0.05) is 23.2 Å². The number of rotatable bonds is 5. The predicted molar refractivity (Wildman–Crippen MR) is 135 cm³/mol. The number of fused-ring (bicyclic) bond motifs is 1. The van der Waals surface area contributed by atoms with Crippen LogP contribution >= 0.6 is 0 Å². The number of aromatic nitrogens is 1. The van der Waals surface area contributed by atoms with Gasteiger partial charge in [-0.05, 0) is 97.5 Å². The number of nitrogens with zero attached hydrogens (tertiary/aromatic N) is 1. The number of nitrogens with one attached hydrogen (secondary N) is 1. The molecular formula is C30H29FN2O. The monoisotopic (exact) mass is 452 g/mol. The SMILES string of the molecule is C[C@@H](NC(=O)c1ccc(-c2ccccc2)cc1)[C@H]1CC[C@H](c2ccnc3ccc(F)cc32)CC1. The maximum absolute atomic E-state index is 13.9. The Hall–Kier alpha value is -3.53. The van der Waals surface area contributed by atoms with Crippen molar-refractivity contribution >= 4 is 16.8 Å². The predicted octanol–water partition coefficient (Wildman–Crippen LogP) is 7.13. The lowest BCUT2D eigenvalue weighted by Crippen LogP contribution is -2.39. The van der Waals surface area contributed by atoms with Crippen LogP contribution in [0, 0.1) is 11.7 Å². The van der Waals surface area contributed by atoms with Crippen molar-refractivity contribution in [1.82, 2.24) is 10.3 Å². The molecule has 1 saturated carbocycles. The molecule has 1 atom stereocenters. The Morgan fingerprint density at radius 1 is 0.912 bits per heavy atom. The summed E-state index contributed by atoms with van der Waals surface area (Å²) in [6.45, 7) is 2.11. The third-order valence-corrected chi connectivity index (χ3v) is 7.27. The van der Waals surface area contributed by atoms with Crippen LogP contribution in [0.15, 0.2) is 85.1 Å². The highest BCUT2D eigenvalue weighted by Gasteiger charge is 2.28. The second kappa shape index (κ2) is 9.76. The lowest BCUT2D eigenvalue weighted by atomic mass is 9.75. The van der Waals surface area contributed by atoms with Gasteiger partial charge in [-0.1, -0.05) is 42.5 Å². The molecule has 0 bridgehead atoms. The molecule has 1 fully saturated rings. The van der Waals surface area contributed by atoms with Crippen molar-refractivity contribution in [3.63, 3.8) is 0 Å². The summed E-state index contributed by atoms with van der Waals surface area (Å²) in [5.41, 5.74) is 4.97. The quantitative estimate of drug-likeness (QED) is 0.350. The molecule has 1 N–H and O–H groups in total. The molecule has 3 nitrogen and oxygen atoms in total. The standard InChI is InChI=1S/C30H29FN2O/c1-20(33-30(34)25-13-9-23(10-14-25)22-5-3-2-4-6-22)21-7-11-24(12-8-21)27-17-18-32-29-16-15-26(31)19-28(27)29/h2-6,9-10,13-21,24H,7-8,11-12H2,1H3,(H,33,34)/t20-,21-,24-/m1/s1. The second-order valence-electron chi connectivity index (χ2n) is 9.38. The summed E-state index contributed by atoms with van der Waals surface area (Å²) in [6.07, 6.45) is 5.97. The first-order valence-electron chi connectivity index (χ1n) is 12.1. The molecule has 1 aliphatic rings. The van der Waals surface area contributed by atoms with Gasteiger partial charge in [0.15, 0.2) is 0 Å². The first-order chi connectivity index (χ1) is 16.6. The molecule has 1 amide bonds. The summed E-state index contributed by atoms with van der Waals surface area (Å²) >= 11 is 0. The molecule has 4 heteroatoms. The van der Waals surface area contributed by atoms with Gasteiger partial charge in [0.2, 0.25) is 0 Å². The minimum Gasteiger partial charge on any atom is -0.349 e. The van der Waals surface area contributed by atoms with E-state index in [0.717, 1.165) is 47.7 Å². The summed E-state index contributed by atoms with van der Waals surface area (Å²) in [4.78, 5) is 17.2. The molecule has 1 aliphatic carbocycles. The zero-order valence-electron chi connectivity index (χ0n) is 19.4. The summed E-state index contributed by atoms with van der Waals surface area (Å²) in [5, 5.41) is 4.14. The Morgan fingerprint density at radius 3 is 2.35 bits per heavy atom. The summed E-state index contributed by atoms with van der Waals surface area (Å²) in [7, 11) is 0. The number of hydrogen-bond donors (Lipinski definition) is 1. The second-order valence-corrected chi connectivity index (χ2v) is 9.38. The minimum absolute atomic E-state index is 0.0233. The fraction of sp³-hybridized carbons (Fsp3) is 0.267. The van der Waals surface area contributed by atoms with Crippen LogP contribution < -0.4 is 5.32 Å². The molecular weight excluding hydrogens is 423 g/mol. The summed E-state index contributed by atoms with van der Waals surface area (Å²) in [5.74, 6) is 0.596. The van der Waals surface area contributed by atoms with Crippen LogP contribution in [0.25, 0.3) is 22.0 Å². The van der Waals surface area contributed by atoms with Crippen molar-refractivity contribution in [3.05, 3.63) is 102 Å². The topological polar surface area (TPSA) is 42.0 Å². The lowest BCUT2D eigenvalue weighted by molar-refractivity contribution is 0.0918. The Morgan fingerprint density at radius 2 is 1.62 bits per heavy atom. The highest BCUT2D eigenvalue weighted by atomic mass is 19.1. The van der Waals surface area contributed by atoms with Gasteiger partial charge in [-0.15, -0.1) is 0 Å². The number of hydrogen-bond acceptors (Lipinski definition) is 2. The lowest BCUT2D eigenvalue weighted by Gasteiger charge is -2.33. The van der Waals surface area contributed by atoms with Gasteiger partial charge in [-0.3, -0.25) is 9.78 Å². The van der Waals surface area contributed by atoms with Gasteiger partial charge >= 0.3 is 0 Å². The van der Waals surface area contributed by atoms with Crippen LogP contribution in [0.4, 0.5) is 4.39 Å². The number of amides is 1. The van der Waals surface area contributed by atoms with Crippen LogP contribution in [0.5, 0.6) is 0 Å². The van der Waals surface area contributed by atoms with Crippen LogP contribution in [0.3, 0.4) is 0 Å². The molecule has 1 aromatic heterocycles. The largest absolute Gasteiger partial charge is 0.349 e. The zero-order chi connectivity index (χ0) is 23.5. The maximum atomic E-state index is 13.9. The molecule has 0 aliphatic heterocycles. The molecule has 5 rings (SSSR count). The van der Waals surface area contributed by atoms with E-state index in [9.17, 15) is 9.18 Å². The molecule has 172 valence electrons. The van der Waals surface area contributed by atoms with E-state index in [1.807, 2.05) is 54.7 Å². The Balaban J connectivity index is 1.20. The Kier molecular flexibility index (Phi) is 6.39. The fourth-order valence-electron chi connectivity index (χ4n) is 5.28. The van der Waals surface area contributed by atoms with E-state index < -0.39 is 0 Å². The van der Waals surface area contributed by atoms with E-state index >= 15 is 0 Å².